The Hall–Kier alpha value is -1.56. The van der Waals surface area contributed by atoms with Crippen LogP contribution in [0.5, 0.6) is 0 Å². The van der Waals surface area contributed by atoms with Crippen molar-refractivity contribution < 1.29 is 0 Å². The summed E-state index contributed by atoms with van der Waals surface area (Å²) in [7, 11) is 0. The molecule has 2 atom stereocenters. The molecule has 0 heteroatoms. The fraction of sp³-hybridized carbons (Fsp3) is 0.333. The molecule has 0 aromatic heterocycles. The van der Waals surface area contributed by atoms with E-state index in [0.29, 0.717) is 5.92 Å². The van der Waals surface area contributed by atoms with Crippen LogP contribution in [0, 0.1) is 11.3 Å². The molecule has 2 unspecified atom stereocenters. The van der Waals surface area contributed by atoms with E-state index in [9.17, 15) is 0 Å². The summed E-state index contributed by atoms with van der Waals surface area (Å²) in [6, 6.07) is 10.5. The number of allylic oxidation sites excluding steroid dienone is 5. The standard InChI is InChI=1S/C18H22/c1-15(17-10-6-4-7-11-17)14-16(2)18(3)12-8-5-9-13-18/h4-12,16H,1,13-14H2,2-3H3. The Balaban J connectivity index is 2.04. The van der Waals surface area contributed by atoms with E-state index in [1.54, 1.807) is 0 Å². The van der Waals surface area contributed by atoms with Crippen molar-refractivity contribution in [2.75, 3.05) is 0 Å². The zero-order valence-corrected chi connectivity index (χ0v) is 11.4. The van der Waals surface area contributed by atoms with Gasteiger partial charge in [-0.1, -0.05) is 75.1 Å². The van der Waals surface area contributed by atoms with Crippen LogP contribution in [0.2, 0.25) is 0 Å². The van der Waals surface area contributed by atoms with Crippen molar-refractivity contribution in [1.29, 1.82) is 0 Å². The molecule has 0 radical (unpaired) electrons. The lowest BCUT2D eigenvalue weighted by Gasteiger charge is -2.34. The maximum absolute atomic E-state index is 4.25. The third kappa shape index (κ3) is 2.81. The summed E-state index contributed by atoms with van der Waals surface area (Å²) in [4.78, 5) is 0. The Morgan fingerprint density at radius 3 is 2.61 bits per heavy atom. The van der Waals surface area contributed by atoms with Crippen molar-refractivity contribution in [3.05, 3.63) is 66.8 Å². The molecule has 0 spiro atoms. The molecule has 94 valence electrons. The summed E-state index contributed by atoms with van der Waals surface area (Å²) in [6.45, 7) is 8.92. The molecule has 0 N–H and O–H groups in total. The number of hydrogen-bond acceptors (Lipinski definition) is 0. The van der Waals surface area contributed by atoms with Gasteiger partial charge in [0, 0.05) is 0 Å². The molecule has 0 saturated carbocycles. The lowest BCUT2D eigenvalue weighted by Crippen LogP contribution is -2.23. The summed E-state index contributed by atoms with van der Waals surface area (Å²) in [5.41, 5.74) is 2.78. The first-order valence-electron chi connectivity index (χ1n) is 6.69. The molecule has 0 bridgehead atoms. The van der Waals surface area contributed by atoms with Gasteiger partial charge < -0.3 is 0 Å². The van der Waals surface area contributed by atoms with Crippen LogP contribution >= 0.6 is 0 Å². The summed E-state index contributed by atoms with van der Waals surface area (Å²) in [5, 5.41) is 0. The minimum atomic E-state index is 0.270. The van der Waals surface area contributed by atoms with Gasteiger partial charge in [-0.25, -0.2) is 0 Å². The average molecular weight is 238 g/mol. The van der Waals surface area contributed by atoms with Crippen LogP contribution in [0.1, 0.15) is 32.3 Å². The molecule has 0 nitrogen and oxygen atoms in total. The molecule has 2 rings (SSSR count). The SMILES string of the molecule is C=C(CC(C)C1(C)C=CC=CC1)c1ccccc1. The molecular weight excluding hydrogens is 216 g/mol. The van der Waals surface area contributed by atoms with Crippen LogP contribution in [0.4, 0.5) is 0 Å². The van der Waals surface area contributed by atoms with Gasteiger partial charge in [-0.15, -0.1) is 0 Å². The van der Waals surface area contributed by atoms with E-state index in [1.165, 1.54) is 11.1 Å². The summed E-state index contributed by atoms with van der Waals surface area (Å²) in [6.07, 6.45) is 11.1. The first-order valence-corrected chi connectivity index (χ1v) is 6.69. The normalized spacial score (nSPS) is 23.9. The van der Waals surface area contributed by atoms with Crippen LogP contribution in [0.15, 0.2) is 61.2 Å². The predicted molar refractivity (Wildman–Crippen MR) is 80.3 cm³/mol. The van der Waals surface area contributed by atoms with Gasteiger partial charge in [0.25, 0.3) is 0 Å². The molecule has 1 aliphatic carbocycles. The van der Waals surface area contributed by atoms with Crippen molar-refractivity contribution in [3.8, 4) is 0 Å². The first-order chi connectivity index (χ1) is 8.62. The van der Waals surface area contributed by atoms with Crippen LogP contribution in [0.25, 0.3) is 5.57 Å². The molecule has 1 aliphatic rings. The second kappa shape index (κ2) is 5.39. The van der Waals surface area contributed by atoms with Crippen LogP contribution in [-0.2, 0) is 0 Å². The van der Waals surface area contributed by atoms with E-state index in [2.05, 4.69) is 75.1 Å². The summed E-state index contributed by atoms with van der Waals surface area (Å²) in [5.74, 6) is 0.603. The average Bonchev–Trinajstić information content (AvgIpc) is 2.40. The van der Waals surface area contributed by atoms with E-state index in [0.717, 1.165) is 12.8 Å². The van der Waals surface area contributed by atoms with E-state index in [-0.39, 0.29) is 5.41 Å². The van der Waals surface area contributed by atoms with Gasteiger partial charge in [0.15, 0.2) is 0 Å². The molecule has 18 heavy (non-hydrogen) atoms. The third-order valence-electron chi connectivity index (χ3n) is 4.14. The van der Waals surface area contributed by atoms with Crippen molar-refractivity contribution in [3.63, 3.8) is 0 Å². The maximum atomic E-state index is 4.25. The fourth-order valence-electron chi connectivity index (χ4n) is 2.50. The van der Waals surface area contributed by atoms with Gasteiger partial charge in [0.1, 0.15) is 0 Å². The molecule has 0 amide bonds. The van der Waals surface area contributed by atoms with Crippen LogP contribution in [0.3, 0.4) is 0 Å². The molecule has 0 aliphatic heterocycles. The fourth-order valence-corrected chi connectivity index (χ4v) is 2.50. The second-order valence-electron chi connectivity index (χ2n) is 5.57. The van der Waals surface area contributed by atoms with Crippen LogP contribution in [-0.4, -0.2) is 0 Å². The molecule has 1 aromatic rings. The Morgan fingerprint density at radius 2 is 2.00 bits per heavy atom. The highest BCUT2D eigenvalue weighted by atomic mass is 14.3. The van der Waals surface area contributed by atoms with E-state index in [1.807, 2.05) is 0 Å². The van der Waals surface area contributed by atoms with Crippen molar-refractivity contribution in [1.82, 2.24) is 0 Å². The van der Waals surface area contributed by atoms with Crippen molar-refractivity contribution >= 4 is 5.57 Å². The molecule has 0 fully saturated rings. The van der Waals surface area contributed by atoms with Gasteiger partial charge in [-0.3, -0.25) is 0 Å². The van der Waals surface area contributed by atoms with E-state index < -0.39 is 0 Å². The number of rotatable bonds is 4. The smallest absolute Gasteiger partial charge is 0.00801 e. The van der Waals surface area contributed by atoms with Gasteiger partial charge in [-0.2, -0.15) is 0 Å². The Labute approximate surface area is 111 Å². The van der Waals surface area contributed by atoms with E-state index >= 15 is 0 Å². The zero-order valence-electron chi connectivity index (χ0n) is 11.4. The summed E-state index contributed by atoms with van der Waals surface area (Å²) < 4.78 is 0. The largest absolute Gasteiger partial charge is 0.0952 e. The lowest BCUT2D eigenvalue weighted by molar-refractivity contribution is 0.282. The molecular formula is C18H22. The van der Waals surface area contributed by atoms with Crippen molar-refractivity contribution in [2.45, 2.75) is 26.7 Å². The predicted octanol–water partition coefficient (Wildman–Crippen LogP) is 5.25. The Kier molecular flexibility index (Phi) is 3.86. The van der Waals surface area contributed by atoms with Gasteiger partial charge in [0.05, 0.1) is 0 Å². The summed E-state index contributed by atoms with van der Waals surface area (Å²) >= 11 is 0. The maximum Gasteiger partial charge on any atom is -0.00801 e. The molecule has 1 aromatic carbocycles. The highest BCUT2D eigenvalue weighted by Gasteiger charge is 2.28. The van der Waals surface area contributed by atoms with Gasteiger partial charge in [0.2, 0.25) is 0 Å². The minimum absolute atomic E-state index is 0.270. The highest BCUT2D eigenvalue weighted by Crippen LogP contribution is 2.39. The molecule has 0 heterocycles. The lowest BCUT2D eigenvalue weighted by atomic mass is 9.71. The van der Waals surface area contributed by atoms with Crippen molar-refractivity contribution in [2.24, 2.45) is 11.3 Å². The number of hydrogen-bond donors (Lipinski definition) is 0. The third-order valence-corrected chi connectivity index (χ3v) is 4.14. The minimum Gasteiger partial charge on any atom is -0.0952 e. The highest BCUT2D eigenvalue weighted by molar-refractivity contribution is 5.63. The second-order valence-corrected chi connectivity index (χ2v) is 5.57. The zero-order chi connectivity index (χ0) is 13.0. The topological polar surface area (TPSA) is 0 Å². The Morgan fingerprint density at radius 1 is 1.28 bits per heavy atom. The molecule has 0 saturated heterocycles. The number of benzene rings is 1. The quantitative estimate of drug-likeness (QED) is 0.672. The monoisotopic (exact) mass is 238 g/mol. The van der Waals surface area contributed by atoms with E-state index in [4.69, 9.17) is 0 Å². The first kappa shape index (κ1) is 12.9. The van der Waals surface area contributed by atoms with Gasteiger partial charge >= 0.3 is 0 Å². The van der Waals surface area contributed by atoms with Gasteiger partial charge in [-0.05, 0) is 35.3 Å². The van der Waals surface area contributed by atoms with Crippen LogP contribution < -0.4 is 0 Å². The Bertz CT molecular complexity index is 464.